The molecule has 1 aromatic carbocycles. The summed E-state index contributed by atoms with van der Waals surface area (Å²) in [6.45, 7) is 5.60. The van der Waals surface area contributed by atoms with Gasteiger partial charge in [-0.15, -0.1) is 0 Å². The molecule has 25 heavy (non-hydrogen) atoms. The maximum Gasteiger partial charge on any atom is 0.244 e. The van der Waals surface area contributed by atoms with Gasteiger partial charge in [-0.1, -0.05) is 25.0 Å². The topological polar surface area (TPSA) is 38.8 Å². The van der Waals surface area contributed by atoms with Crippen LogP contribution in [0.4, 0.5) is 5.69 Å². The third-order valence-corrected chi connectivity index (χ3v) is 5.39. The van der Waals surface area contributed by atoms with E-state index in [4.69, 9.17) is 0 Å². The van der Waals surface area contributed by atoms with Crippen LogP contribution in [0, 0.1) is 0 Å². The second-order valence-electron chi connectivity index (χ2n) is 7.41. The molecular formula is C20H32N4O. The third kappa shape index (κ3) is 4.53. The highest BCUT2D eigenvalue weighted by Crippen LogP contribution is 2.27. The summed E-state index contributed by atoms with van der Waals surface area (Å²) in [5, 5.41) is 3.40. The number of benzene rings is 1. The molecule has 0 radical (unpaired) electrons. The fourth-order valence-corrected chi connectivity index (χ4v) is 3.87. The molecule has 0 bridgehead atoms. The molecule has 0 aliphatic carbocycles. The van der Waals surface area contributed by atoms with Gasteiger partial charge in [0.15, 0.2) is 0 Å². The van der Waals surface area contributed by atoms with Gasteiger partial charge in [0.2, 0.25) is 5.91 Å². The van der Waals surface area contributed by atoms with Crippen molar-refractivity contribution in [3.8, 4) is 0 Å². The summed E-state index contributed by atoms with van der Waals surface area (Å²) in [6.07, 6.45) is 4.78. The van der Waals surface area contributed by atoms with E-state index in [0.717, 1.165) is 57.7 Å². The first kappa shape index (κ1) is 18.2. The molecule has 2 heterocycles. The first-order valence-electron chi connectivity index (χ1n) is 9.67. The molecule has 5 heteroatoms. The Morgan fingerprint density at radius 2 is 1.56 bits per heavy atom. The summed E-state index contributed by atoms with van der Waals surface area (Å²) in [4.78, 5) is 20.0. The highest BCUT2D eigenvalue weighted by molar-refractivity contribution is 5.83. The maximum atomic E-state index is 13.4. The van der Waals surface area contributed by atoms with E-state index < -0.39 is 0 Å². The van der Waals surface area contributed by atoms with Crippen LogP contribution in [0.5, 0.6) is 0 Å². The van der Waals surface area contributed by atoms with E-state index in [1.807, 2.05) is 14.1 Å². The monoisotopic (exact) mass is 344 g/mol. The van der Waals surface area contributed by atoms with Gasteiger partial charge in [0, 0.05) is 59.1 Å². The molecule has 1 aromatic rings. The number of hydrogen-bond donors (Lipinski definition) is 1. The lowest BCUT2D eigenvalue weighted by Crippen LogP contribution is -2.50. The molecule has 5 nitrogen and oxygen atoms in total. The van der Waals surface area contributed by atoms with Gasteiger partial charge in [0.1, 0.15) is 6.04 Å². The van der Waals surface area contributed by atoms with Crippen molar-refractivity contribution < 1.29 is 4.79 Å². The fraction of sp³-hybridized carbons (Fsp3) is 0.650. The van der Waals surface area contributed by atoms with Crippen LogP contribution in [0.1, 0.15) is 37.3 Å². The summed E-state index contributed by atoms with van der Waals surface area (Å²) in [6, 6.07) is 8.38. The predicted molar refractivity (Wildman–Crippen MR) is 103 cm³/mol. The Bertz CT molecular complexity index is 543. The zero-order chi connectivity index (χ0) is 17.6. The predicted octanol–water partition coefficient (Wildman–Crippen LogP) is 2.10. The molecule has 138 valence electrons. The van der Waals surface area contributed by atoms with Crippen molar-refractivity contribution in [1.82, 2.24) is 15.1 Å². The quantitative estimate of drug-likeness (QED) is 0.908. The molecule has 1 N–H and O–H groups in total. The Hall–Kier alpha value is -1.59. The van der Waals surface area contributed by atoms with E-state index in [0.29, 0.717) is 5.91 Å². The molecule has 1 atom stereocenters. The summed E-state index contributed by atoms with van der Waals surface area (Å²) in [7, 11) is 4.09. The number of nitrogens with one attached hydrogen (secondary N) is 1. The number of hydrogen-bond acceptors (Lipinski definition) is 4. The van der Waals surface area contributed by atoms with Crippen LogP contribution in [0.2, 0.25) is 0 Å². The Balaban J connectivity index is 1.84. The van der Waals surface area contributed by atoms with Gasteiger partial charge in [-0.3, -0.25) is 9.69 Å². The van der Waals surface area contributed by atoms with Gasteiger partial charge in [0.05, 0.1) is 0 Å². The maximum absolute atomic E-state index is 13.4. The van der Waals surface area contributed by atoms with Crippen molar-refractivity contribution in [2.75, 3.05) is 58.3 Å². The van der Waals surface area contributed by atoms with Gasteiger partial charge in [-0.2, -0.15) is 0 Å². The van der Waals surface area contributed by atoms with Crippen LogP contribution in [-0.2, 0) is 4.79 Å². The van der Waals surface area contributed by atoms with Crippen molar-refractivity contribution in [3.05, 3.63) is 29.8 Å². The van der Waals surface area contributed by atoms with E-state index in [9.17, 15) is 4.79 Å². The number of nitrogens with zero attached hydrogens (tertiary/aromatic N) is 3. The Labute approximate surface area is 152 Å². The first-order valence-corrected chi connectivity index (χ1v) is 9.67. The van der Waals surface area contributed by atoms with E-state index in [-0.39, 0.29) is 6.04 Å². The normalized spacial score (nSPS) is 20.8. The van der Waals surface area contributed by atoms with Crippen LogP contribution in [0.3, 0.4) is 0 Å². The van der Waals surface area contributed by atoms with Gasteiger partial charge >= 0.3 is 0 Å². The number of piperazine rings is 1. The van der Waals surface area contributed by atoms with Crippen molar-refractivity contribution in [2.45, 2.75) is 31.7 Å². The van der Waals surface area contributed by atoms with Gasteiger partial charge < -0.3 is 15.1 Å². The van der Waals surface area contributed by atoms with Crippen LogP contribution in [0.15, 0.2) is 24.3 Å². The number of likely N-dealkylation sites (tertiary alicyclic amines) is 1. The Morgan fingerprint density at radius 3 is 2.12 bits per heavy atom. The molecular weight excluding hydrogens is 312 g/mol. The number of amides is 1. The zero-order valence-electron chi connectivity index (χ0n) is 15.7. The standard InChI is InChI=1S/C20H32N4O/c1-22(2)18-9-7-17(8-10-18)19(23-15-11-21-12-16-23)20(25)24-13-5-3-4-6-14-24/h7-10,19,21H,3-6,11-16H2,1-2H3. The Kier molecular flexibility index (Phi) is 6.32. The molecule has 2 aliphatic rings. The minimum Gasteiger partial charge on any atom is -0.378 e. The molecule has 2 fully saturated rings. The van der Waals surface area contributed by atoms with Crippen molar-refractivity contribution in [3.63, 3.8) is 0 Å². The minimum atomic E-state index is -0.142. The lowest BCUT2D eigenvalue weighted by atomic mass is 10.0. The Morgan fingerprint density at radius 1 is 0.960 bits per heavy atom. The van der Waals surface area contributed by atoms with E-state index >= 15 is 0 Å². The van der Waals surface area contributed by atoms with Gasteiger partial charge in [-0.05, 0) is 30.5 Å². The van der Waals surface area contributed by atoms with Crippen LogP contribution in [-0.4, -0.2) is 69.1 Å². The smallest absolute Gasteiger partial charge is 0.244 e. The molecule has 1 unspecified atom stereocenters. The fourth-order valence-electron chi connectivity index (χ4n) is 3.87. The van der Waals surface area contributed by atoms with Crippen molar-refractivity contribution in [1.29, 1.82) is 0 Å². The molecule has 1 amide bonds. The first-order chi connectivity index (χ1) is 12.2. The zero-order valence-corrected chi connectivity index (χ0v) is 15.7. The SMILES string of the molecule is CN(C)c1ccc(C(C(=O)N2CCCCCC2)N2CCNCC2)cc1. The van der Waals surface area contributed by atoms with E-state index in [2.05, 4.69) is 44.3 Å². The molecule has 0 saturated carbocycles. The summed E-state index contributed by atoms with van der Waals surface area (Å²) in [5.41, 5.74) is 2.30. The molecule has 2 saturated heterocycles. The average Bonchev–Trinajstić information content (AvgIpc) is 2.93. The molecule has 0 aromatic heterocycles. The minimum absolute atomic E-state index is 0.142. The highest BCUT2D eigenvalue weighted by atomic mass is 16.2. The van der Waals surface area contributed by atoms with Gasteiger partial charge in [-0.25, -0.2) is 0 Å². The van der Waals surface area contributed by atoms with Crippen molar-refractivity contribution >= 4 is 11.6 Å². The lowest BCUT2D eigenvalue weighted by molar-refractivity contribution is -0.137. The number of rotatable bonds is 4. The molecule has 0 spiro atoms. The summed E-state index contributed by atoms with van der Waals surface area (Å²) >= 11 is 0. The number of carbonyl (C=O) groups excluding carboxylic acids is 1. The van der Waals surface area contributed by atoms with Gasteiger partial charge in [0.25, 0.3) is 0 Å². The molecule has 3 rings (SSSR count). The lowest BCUT2D eigenvalue weighted by Gasteiger charge is -2.37. The number of anilines is 1. The number of carbonyl (C=O) groups is 1. The second-order valence-corrected chi connectivity index (χ2v) is 7.41. The van der Waals surface area contributed by atoms with Crippen LogP contribution >= 0.6 is 0 Å². The van der Waals surface area contributed by atoms with Crippen LogP contribution < -0.4 is 10.2 Å². The summed E-state index contributed by atoms with van der Waals surface area (Å²) < 4.78 is 0. The second kappa shape index (κ2) is 8.68. The molecule has 2 aliphatic heterocycles. The van der Waals surface area contributed by atoms with E-state index in [1.165, 1.54) is 18.5 Å². The third-order valence-electron chi connectivity index (χ3n) is 5.39. The largest absolute Gasteiger partial charge is 0.378 e. The average molecular weight is 345 g/mol. The van der Waals surface area contributed by atoms with E-state index in [1.54, 1.807) is 0 Å². The summed E-state index contributed by atoms with van der Waals surface area (Å²) in [5.74, 6) is 0.293. The highest BCUT2D eigenvalue weighted by Gasteiger charge is 2.32. The van der Waals surface area contributed by atoms with Crippen LogP contribution in [0.25, 0.3) is 0 Å². The van der Waals surface area contributed by atoms with Crippen molar-refractivity contribution in [2.24, 2.45) is 0 Å².